The third-order valence-corrected chi connectivity index (χ3v) is 5.14. The number of anilines is 1. The van der Waals surface area contributed by atoms with Crippen LogP contribution in [0.4, 0.5) is 5.69 Å². The quantitative estimate of drug-likeness (QED) is 0.740. The van der Waals surface area contributed by atoms with Gasteiger partial charge in [-0.1, -0.05) is 30.3 Å². The van der Waals surface area contributed by atoms with Crippen molar-refractivity contribution in [2.45, 2.75) is 18.4 Å². The molecule has 2 heterocycles. The maximum Gasteiger partial charge on any atom is 0.371 e. The van der Waals surface area contributed by atoms with Gasteiger partial charge in [0.15, 0.2) is 0 Å². The first-order valence-corrected chi connectivity index (χ1v) is 8.86. The third kappa shape index (κ3) is 3.31. The first-order valence-electron chi connectivity index (χ1n) is 8.86. The van der Waals surface area contributed by atoms with Crippen LogP contribution in [0, 0.1) is 0 Å². The number of benzene rings is 2. The molecule has 138 valence electrons. The molecular weight excluding hydrogens is 344 g/mol. The second-order valence-corrected chi connectivity index (χ2v) is 6.89. The van der Waals surface area contributed by atoms with Gasteiger partial charge in [0.05, 0.1) is 6.04 Å². The molecule has 1 aliphatic heterocycles. The fourth-order valence-corrected chi connectivity index (χ4v) is 3.82. The number of fused-ring (bicyclic) bond motifs is 1. The predicted molar refractivity (Wildman–Crippen MR) is 102 cm³/mol. The minimum atomic E-state index is -1.12. The third-order valence-electron chi connectivity index (χ3n) is 5.14. The number of carbonyl (C=O) groups excluding carboxylic acids is 1. The molecule has 6 nitrogen and oxygen atoms in total. The van der Waals surface area contributed by atoms with Gasteiger partial charge in [-0.3, -0.25) is 9.69 Å². The van der Waals surface area contributed by atoms with Crippen molar-refractivity contribution in [3.05, 3.63) is 65.9 Å². The number of rotatable bonds is 4. The molecular formula is C21H20N2O4. The Hall–Kier alpha value is -3.12. The summed E-state index contributed by atoms with van der Waals surface area (Å²) in [6, 6.07) is 16.4. The highest BCUT2D eigenvalue weighted by molar-refractivity contribution is 5.98. The van der Waals surface area contributed by atoms with Crippen LogP contribution in [0.5, 0.6) is 0 Å². The lowest BCUT2D eigenvalue weighted by Gasteiger charge is -2.24. The Morgan fingerprint density at radius 3 is 2.67 bits per heavy atom. The number of nitrogens with one attached hydrogen (secondary N) is 1. The minimum Gasteiger partial charge on any atom is -0.475 e. The molecule has 1 fully saturated rings. The van der Waals surface area contributed by atoms with Crippen molar-refractivity contribution in [2.75, 3.05) is 18.9 Å². The number of aromatic carboxylic acids is 1. The van der Waals surface area contributed by atoms with Gasteiger partial charge in [0.25, 0.3) is 0 Å². The molecule has 27 heavy (non-hydrogen) atoms. The Bertz CT molecular complexity index is 996. The molecule has 2 atom stereocenters. The lowest BCUT2D eigenvalue weighted by molar-refractivity contribution is -0.120. The maximum atomic E-state index is 13.0. The van der Waals surface area contributed by atoms with Gasteiger partial charge >= 0.3 is 5.97 Å². The van der Waals surface area contributed by atoms with E-state index >= 15 is 0 Å². The molecule has 0 radical (unpaired) electrons. The van der Waals surface area contributed by atoms with E-state index in [0.29, 0.717) is 16.7 Å². The highest BCUT2D eigenvalue weighted by Crippen LogP contribution is 2.33. The van der Waals surface area contributed by atoms with Crippen LogP contribution in [0.15, 0.2) is 59.0 Å². The van der Waals surface area contributed by atoms with E-state index in [1.165, 1.54) is 11.6 Å². The molecule has 4 rings (SSSR count). The van der Waals surface area contributed by atoms with E-state index in [1.807, 2.05) is 25.2 Å². The molecule has 1 aliphatic rings. The van der Waals surface area contributed by atoms with Crippen LogP contribution < -0.4 is 5.32 Å². The Morgan fingerprint density at radius 1 is 1.15 bits per heavy atom. The van der Waals surface area contributed by atoms with Crippen molar-refractivity contribution < 1.29 is 19.1 Å². The zero-order chi connectivity index (χ0) is 19.0. The first-order chi connectivity index (χ1) is 13.0. The Kier molecular flexibility index (Phi) is 4.41. The lowest BCUT2D eigenvalue weighted by Crippen LogP contribution is -2.40. The van der Waals surface area contributed by atoms with Gasteiger partial charge in [-0.25, -0.2) is 4.79 Å². The Morgan fingerprint density at radius 2 is 1.93 bits per heavy atom. The fraction of sp³-hybridized carbons (Fsp3) is 0.238. The summed E-state index contributed by atoms with van der Waals surface area (Å²) < 4.78 is 5.26. The predicted octanol–water partition coefficient (Wildman–Crippen LogP) is 3.56. The van der Waals surface area contributed by atoms with Gasteiger partial charge in [0.2, 0.25) is 11.7 Å². The summed E-state index contributed by atoms with van der Waals surface area (Å²) in [7, 11) is 1.96. The molecule has 1 aromatic heterocycles. The van der Waals surface area contributed by atoms with Crippen molar-refractivity contribution >= 4 is 28.5 Å². The second-order valence-electron chi connectivity index (χ2n) is 6.89. The fourth-order valence-electron chi connectivity index (χ4n) is 3.82. The average Bonchev–Trinajstić information content (AvgIpc) is 3.25. The van der Waals surface area contributed by atoms with Gasteiger partial charge in [-0.2, -0.15) is 0 Å². The monoisotopic (exact) mass is 364 g/mol. The standard InChI is InChI=1S/C21H20N2O4/c1-23-10-9-16(13-5-3-2-4-6-13)19(23)20(24)22-15-7-8-17-14(11-15)12-18(27-17)21(25)26/h2-8,11-12,16,19H,9-10H2,1H3,(H,22,24)(H,25,26)/t16-,19?/m1/s1. The zero-order valence-corrected chi connectivity index (χ0v) is 14.9. The van der Waals surface area contributed by atoms with Gasteiger partial charge in [0, 0.05) is 17.0 Å². The normalized spacial score (nSPS) is 20.0. The zero-order valence-electron chi connectivity index (χ0n) is 14.9. The first kappa shape index (κ1) is 17.3. The molecule has 3 aromatic rings. The van der Waals surface area contributed by atoms with E-state index in [1.54, 1.807) is 18.2 Å². The number of nitrogens with zero attached hydrogens (tertiary/aromatic N) is 1. The van der Waals surface area contributed by atoms with Crippen LogP contribution in [0.3, 0.4) is 0 Å². The van der Waals surface area contributed by atoms with Crippen LogP contribution in [-0.4, -0.2) is 41.5 Å². The number of amides is 1. The SMILES string of the molecule is CN1CC[C@H](c2ccccc2)C1C(=O)Nc1ccc2oc(C(=O)O)cc2c1. The molecule has 0 saturated carbocycles. The maximum absolute atomic E-state index is 13.0. The number of carbonyl (C=O) groups is 2. The summed E-state index contributed by atoms with van der Waals surface area (Å²) in [5, 5.41) is 12.7. The average molecular weight is 364 g/mol. The van der Waals surface area contributed by atoms with Crippen molar-refractivity contribution in [3.63, 3.8) is 0 Å². The summed E-state index contributed by atoms with van der Waals surface area (Å²) in [5.41, 5.74) is 2.27. The molecule has 0 bridgehead atoms. The number of hydrogen-bond acceptors (Lipinski definition) is 4. The number of carboxylic acid groups (broad SMARTS) is 1. The van der Waals surface area contributed by atoms with Gasteiger partial charge in [-0.05, 0) is 49.8 Å². The second kappa shape index (κ2) is 6.89. The Balaban J connectivity index is 1.57. The highest BCUT2D eigenvalue weighted by atomic mass is 16.4. The molecule has 6 heteroatoms. The van der Waals surface area contributed by atoms with Crippen molar-refractivity contribution in [3.8, 4) is 0 Å². The number of hydrogen-bond donors (Lipinski definition) is 2. The van der Waals surface area contributed by atoms with E-state index in [0.717, 1.165) is 13.0 Å². The number of likely N-dealkylation sites (tertiary alicyclic amines) is 1. The number of carboxylic acids is 1. The van der Waals surface area contributed by atoms with E-state index < -0.39 is 5.97 Å². The van der Waals surface area contributed by atoms with Crippen molar-refractivity contribution in [1.29, 1.82) is 0 Å². The smallest absolute Gasteiger partial charge is 0.371 e. The molecule has 0 spiro atoms. The van der Waals surface area contributed by atoms with Gasteiger partial charge in [0.1, 0.15) is 5.58 Å². The molecule has 0 aliphatic carbocycles. The van der Waals surface area contributed by atoms with E-state index in [-0.39, 0.29) is 23.6 Å². The van der Waals surface area contributed by atoms with Crippen LogP contribution >= 0.6 is 0 Å². The molecule has 2 aromatic carbocycles. The van der Waals surface area contributed by atoms with Crippen molar-refractivity contribution in [2.24, 2.45) is 0 Å². The largest absolute Gasteiger partial charge is 0.475 e. The molecule has 1 unspecified atom stereocenters. The highest BCUT2D eigenvalue weighted by Gasteiger charge is 2.38. The van der Waals surface area contributed by atoms with Gasteiger partial charge in [-0.15, -0.1) is 0 Å². The summed E-state index contributed by atoms with van der Waals surface area (Å²) in [6.07, 6.45) is 0.932. The lowest BCUT2D eigenvalue weighted by atomic mass is 9.91. The Labute approximate surface area is 156 Å². The van der Waals surface area contributed by atoms with E-state index in [9.17, 15) is 9.59 Å². The van der Waals surface area contributed by atoms with Gasteiger partial charge < -0.3 is 14.8 Å². The molecule has 1 saturated heterocycles. The van der Waals surface area contributed by atoms with Crippen molar-refractivity contribution in [1.82, 2.24) is 4.90 Å². The summed E-state index contributed by atoms with van der Waals surface area (Å²) >= 11 is 0. The minimum absolute atomic E-state index is 0.0647. The molecule has 2 N–H and O–H groups in total. The summed E-state index contributed by atoms with van der Waals surface area (Å²) in [5.74, 6) is -1.15. The number of furan rings is 1. The van der Waals surface area contributed by atoms with Crippen LogP contribution in [0.25, 0.3) is 11.0 Å². The van der Waals surface area contributed by atoms with E-state index in [4.69, 9.17) is 9.52 Å². The van der Waals surface area contributed by atoms with E-state index in [2.05, 4.69) is 22.3 Å². The molecule has 1 amide bonds. The van der Waals surface area contributed by atoms with Crippen LogP contribution in [0.2, 0.25) is 0 Å². The topological polar surface area (TPSA) is 82.8 Å². The summed E-state index contributed by atoms with van der Waals surface area (Å²) in [6.45, 7) is 0.861. The summed E-state index contributed by atoms with van der Waals surface area (Å²) in [4.78, 5) is 26.1. The number of likely N-dealkylation sites (N-methyl/N-ethyl adjacent to an activating group) is 1. The van der Waals surface area contributed by atoms with Crippen LogP contribution in [-0.2, 0) is 4.79 Å². The van der Waals surface area contributed by atoms with Crippen LogP contribution in [0.1, 0.15) is 28.5 Å².